The molecular weight excluding hydrogens is 332 g/mol. The van der Waals surface area contributed by atoms with Crippen molar-refractivity contribution < 1.29 is 19.1 Å². The van der Waals surface area contributed by atoms with Crippen molar-refractivity contribution in [1.82, 2.24) is 5.32 Å². The van der Waals surface area contributed by atoms with Crippen LogP contribution in [-0.2, 0) is 9.59 Å². The Hall–Kier alpha value is -3.02. The molecule has 1 aliphatic heterocycles. The highest BCUT2D eigenvalue weighted by atomic mass is 16.5. The molecule has 0 spiro atoms. The lowest BCUT2D eigenvalue weighted by Crippen LogP contribution is -2.36. The minimum absolute atomic E-state index is 0.134. The molecule has 0 aromatic heterocycles. The van der Waals surface area contributed by atoms with Crippen LogP contribution in [0.4, 0.5) is 5.69 Å². The lowest BCUT2D eigenvalue weighted by molar-refractivity contribution is -0.126. The van der Waals surface area contributed by atoms with Crippen LogP contribution in [0, 0.1) is 0 Å². The first-order valence-corrected chi connectivity index (χ1v) is 8.44. The molecule has 0 aliphatic carbocycles. The number of fused-ring (bicyclic) bond motifs is 1. The number of anilines is 1. The fourth-order valence-corrected chi connectivity index (χ4v) is 3.21. The highest BCUT2D eigenvalue weighted by Crippen LogP contribution is 2.34. The third-order valence-electron chi connectivity index (χ3n) is 4.58. The Morgan fingerprint density at radius 1 is 1.19 bits per heavy atom. The molecule has 6 nitrogen and oxygen atoms in total. The van der Waals surface area contributed by atoms with Gasteiger partial charge in [-0.3, -0.25) is 9.59 Å². The fraction of sp³-hybridized carbons (Fsp3) is 0.300. The van der Waals surface area contributed by atoms with Gasteiger partial charge < -0.3 is 20.1 Å². The van der Waals surface area contributed by atoms with Gasteiger partial charge in [-0.25, -0.2) is 0 Å². The monoisotopic (exact) mass is 354 g/mol. The molecular formula is C20H22N2O4. The molecule has 0 saturated heterocycles. The lowest BCUT2D eigenvalue weighted by atomic mass is 9.89. The minimum atomic E-state index is -0.508. The van der Waals surface area contributed by atoms with Crippen LogP contribution in [0.15, 0.2) is 42.5 Å². The first-order chi connectivity index (χ1) is 12.5. The zero-order valence-corrected chi connectivity index (χ0v) is 15.0. The smallest absolute Gasteiger partial charge is 0.228 e. The van der Waals surface area contributed by atoms with E-state index >= 15 is 0 Å². The molecule has 2 unspecified atom stereocenters. The van der Waals surface area contributed by atoms with E-state index in [1.807, 2.05) is 43.3 Å². The molecule has 0 bridgehead atoms. The van der Waals surface area contributed by atoms with Gasteiger partial charge in [0.15, 0.2) is 0 Å². The zero-order valence-electron chi connectivity index (χ0n) is 15.0. The summed E-state index contributed by atoms with van der Waals surface area (Å²) in [6.07, 6.45) is 0.134. The molecule has 0 saturated carbocycles. The highest BCUT2D eigenvalue weighted by Gasteiger charge is 2.31. The molecule has 2 aromatic carbocycles. The molecule has 6 heteroatoms. The summed E-state index contributed by atoms with van der Waals surface area (Å²) < 4.78 is 10.6. The molecule has 2 atom stereocenters. The summed E-state index contributed by atoms with van der Waals surface area (Å²) in [6, 6.07) is 12.6. The molecule has 3 rings (SSSR count). The Morgan fingerprint density at radius 2 is 1.96 bits per heavy atom. The third kappa shape index (κ3) is 3.49. The van der Waals surface area contributed by atoms with E-state index in [9.17, 15) is 9.59 Å². The molecule has 136 valence electrons. The van der Waals surface area contributed by atoms with Crippen molar-refractivity contribution in [2.45, 2.75) is 25.3 Å². The number of hydrogen-bond acceptors (Lipinski definition) is 4. The second-order valence-electron chi connectivity index (χ2n) is 6.23. The van der Waals surface area contributed by atoms with Crippen molar-refractivity contribution in [3.63, 3.8) is 0 Å². The second-order valence-corrected chi connectivity index (χ2v) is 6.23. The molecule has 2 N–H and O–H groups in total. The van der Waals surface area contributed by atoms with Crippen molar-refractivity contribution >= 4 is 17.5 Å². The van der Waals surface area contributed by atoms with Crippen LogP contribution in [-0.4, -0.2) is 26.0 Å². The largest absolute Gasteiger partial charge is 0.497 e. The van der Waals surface area contributed by atoms with Crippen LogP contribution in [0.25, 0.3) is 0 Å². The quantitative estimate of drug-likeness (QED) is 0.865. The van der Waals surface area contributed by atoms with Gasteiger partial charge in [0.25, 0.3) is 0 Å². The maximum absolute atomic E-state index is 12.9. The summed E-state index contributed by atoms with van der Waals surface area (Å²) in [5.41, 5.74) is 2.37. The Kier molecular flexibility index (Phi) is 5.11. The van der Waals surface area contributed by atoms with Gasteiger partial charge in [0.2, 0.25) is 11.8 Å². The SMILES string of the molecule is COc1ccc(C(C)NC(=O)C2CC(=O)Nc3ccccc32)c(OC)c1. The maximum atomic E-state index is 12.9. The number of amides is 2. The van der Waals surface area contributed by atoms with Crippen LogP contribution in [0.2, 0.25) is 0 Å². The number of nitrogens with one attached hydrogen (secondary N) is 2. The lowest BCUT2D eigenvalue weighted by Gasteiger charge is -2.26. The number of methoxy groups -OCH3 is 2. The molecule has 0 fully saturated rings. The first kappa shape index (κ1) is 17.8. The predicted molar refractivity (Wildman–Crippen MR) is 98.5 cm³/mol. The number of ether oxygens (including phenoxy) is 2. The summed E-state index contributed by atoms with van der Waals surface area (Å²) in [4.78, 5) is 24.8. The highest BCUT2D eigenvalue weighted by molar-refractivity contribution is 6.01. The van der Waals surface area contributed by atoms with E-state index in [-0.39, 0.29) is 24.3 Å². The molecule has 0 radical (unpaired) electrons. The summed E-state index contributed by atoms with van der Waals surface area (Å²) in [5, 5.41) is 5.81. The zero-order chi connectivity index (χ0) is 18.7. The van der Waals surface area contributed by atoms with Gasteiger partial charge in [0.05, 0.1) is 26.2 Å². The summed E-state index contributed by atoms with van der Waals surface area (Å²) in [7, 11) is 3.17. The number of carbonyl (C=O) groups is 2. The van der Waals surface area contributed by atoms with Gasteiger partial charge in [-0.1, -0.05) is 18.2 Å². The van der Waals surface area contributed by atoms with Crippen LogP contribution >= 0.6 is 0 Å². The maximum Gasteiger partial charge on any atom is 0.228 e. The average Bonchev–Trinajstić information content (AvgIpc) is 2.66. The van der Waals surface area contributed by atoms with E-state index in [2.05, 4.69) is 10.6 Å². The van der Waals surface area contributed by atoms with E-state index < -0.39 is 5.92 Å². The van der Waals surface area contributed by atoms with Gasteiger partial charge in [0, 0.05) is 23.7 Å². The number of rotatable bonds is 5. The molecule has 1 heterocycles. The first-order valence-electron chi connectivity index (χ1n) is 8.44. The normalized spacial score (nSPS) is 16.9. The van der Waals surface area contributed by atoms with Gasteiger partial charge in [-0.05, 0) is 30.7 Å². The van der Waals surface area contributed by atoms with Gasteiger partial charge in [-0.2, -0.15) is 0 Å². The van der Waals surface area contributed by atoms with E-state index in [4.69, 9.17) is 9.47 Å². The summed E-state index contributed by atoms with van der Waals surface area (Å²) >= 11 is 0. The standard InChI is InChI=1S/C20H22N2O4/c1-12(14-9-8-13(25-2)10-18(14)26-3)21-20(24)16-11-19(23)22-17-7-5-4-6-15(16)17/h4-10,12,16H,11H2,1-3H3,(H,21,24)(H,22,23). The van der Waals surface area contributed by atoms with E-state index in [1.54, 1.807) is 20.3 Å². The Balaban J connectivity index is 1.81. The Labute approximate surface area is 152 Å². The third-order valence-corrected chi connectivity index (χ3v) is 4.58. The second kappa shape index (κ2) is 7.47. The number of carbonyl (C=O) groups excluding carboxylic acids is 2. The van der Waals surface area contributed by atoms with Crippen molar-refractivity contribution in [1.29, 1.82) is 0 Å². The Bertz CT molecular complexity index is 834. The van der Waals surface area contributed by atoms with Crippen molar-refractivity contribution in [2.75, 3.05) is 19.5 Å². The minimum Gasteiger partial charge on any atom is -0.497 e. The van der Waals surface area contributed by atoms with Crippen LogP contribution in [0.1, 0.15) is 36.4 Å². The Morgan fingerprint density at radius 3 is 2.69 bits per heavy atom. The van der Waals surface area contributed by atoms with E-state index in [1.165, 1.54) is 0 Å². The van der Waals surface area contributed by atoms with Crippen LogP contribution in [0.5, 0.6) is 11.5 Å². The van der Waals surface area contributed by atoms with Crippen LogP contribution < -0.4 is 20.1 Å². The predicted octanol–water partition coefficient (Wildman–Crippen LogP) is 3.01. The van der Waals surface area contributed by atoms with E-state index in [0.717, 1.165) is 11.1 Å². The van der Waals surface area contributed by atoms with Crippen molar-refractivity contribution in [2.24, 2.45) is 0 Å². The summed E-state index contributed by atoms with van der Waals surface area (Å²) in [6.45, 7) is 1.89. The van der Waals surface area contributed by atoms with Gasteiger partial charge in [-0.15, -0.1) is 0 Å². The summed E-state index contributed by atoms with van der Waals surface area (Å²) in [5.74, 6) is 0.476. The molecule has 2 aromatic rings. The average molecular weight is 354 g/mol. The van der Waals surface area contributed by atoms with Gasteiger partial charge in [0.1, 0.15) is 11.5 Å². The molecule has 1 aliphatic rings. The molecule has 2 amide bonds. The van der Waals surface area contributed by atoms with Gasteiger partial charge >= 0.3 is 0 Å². The topological polar surface area (TPSA) is 76.7 Å². The molecule has 26 heavy (non-hydrogen) atoms. The fourth-order valence-electron chi connectivity index (χ4n) is 3.21. The number of benzene rings is 2. The number of hydrogen-bond donors (Lipinski definition) is 2. The van der Waals surface area contributed by atoms with E-state index in [0.29, 0.717) is 17.2 Å². The van der Waals surface area contributed by atoms with Crippen molar-refractivity contribution in [3.05, 3.63) is 53.6 Å². The van der Waals surface area contributed by atoms with Crippen LogP contribution in [0.3, 0.4) is 0 Å². The van der Waals surface area contributed by atoms with Crippen molar-refractivity contribution in [3.8, 4) is 11.5 Å². The number of para-hydroxylation sites is 1.